The molecule has 0 atom stereocenters. The number of aryl methyl sites for hydroxylation is 3. The minimum absolute atomic E-state index is 0.367. The van der Waals surface area contributed by atoms with Crippen molar-refractivity contribution in [2.75, 3.05) is 42.9 Å². The normalized spacial score (nSPS) is 15.8. The summed E-state index contributed by atoms with van der Waals surface area (Å²) in [6, 6.07) is 7.26. The Bertz CT molecular complexity index is 922. The fourth-order valence-electron chi connectivity index (χ4n) is 3.13. The number of hydrogen-bond acceptors (Lipinski definition) is 6. The molecule has 27 heavy (non-hydrogen) atoms. The van der Waals surface area contributed by atoms with E-state index in [1.807, 2.05) is 39.8 Å². The number of anilines is 2. The van der Waals surface area contributed by atoms with Crippen LogP contribution < -0.4 is 10.2 Å². The molecule has 1 fully saturated rings. The smallest absolute Gasteiger partial charge is 0.243 e. The maximum absolute atomic E-state index is 13.0. The highest BCUT2D eigenvalue weighted by Crippen LogP contribution is 2.22. The Hall–Kier alpha value is -2.19. The van der Waals surface area contributed by atoms with E-state index in [9.17, 15) is 8.42 Å². The standard InChI is InChI=1S/C19H27N5O2S/c1-5-20-19-21-16(4)13-18(22-19)23-8-10-24(11-9-23)27(25,26)17-7-6-14(2)15(3)12-17/h6-7,12-13H,5,8-11H2,1-4H3,(H,20,21,22). The number of piperazine rings is 1. The van der Waals surface area contributed by atoms with E-state index in [4.69, 9.17) is 0 Å². The van der Waals surface area contributed by atoms with E-state index in [0.29, 0.717) is 37.0 Å². The van der Waals surface area contributed by atoms with Crippen LogP contribution in [0, 0.1) is 20.8 Å². The van der Waals surface area contributed by atoms with Crippen molar-refractivity contribution in [1.82, 2.24) is 14.3 Å². The first-order chi connectivity index (χ1) is 12.8. The van der Waals surface area contributed by atoms with Crippen LogP contribution in [0.5, 0.6) is 0 Å². The molecule has 0 bridgehead atoms. The molecule has 2 heterocycles. The molecule has 8 heteroatoms. The third-order valence-electron chi connectivity index (χ3n) is 4.85. The van der Waals surface area contributed by atoms with E-state index in [1.165, 1.54) is 0 Å². The summed E-state index contributed by atoms with van der Waals surface area (Å²) in [5.74, 6) is 1.44. The van der Waals surface area contributed by atoms with E-state index in [2.05, 4.69) is 20.2 Å². The largest absolute Gasteiger partial charge is 0.354 e. The summed E-state index contributed by atoms with van der Waals surface area (Å²) in [4.78, 5) is 11.4. The third kappa shape index (κ3) is 4.22. The Morgan fingerprint density at radius 2 is 1.70 bits per heavy atom. The summed E-state index contributed by atoms with van der Waals surface area (Å²) in [5, 5.41) is 3.14. The van der Waals surface area contributed by atoms with E-state index in [1.54, 1.807) is 16.4 Å². The maximum atomic E-state index is 13.0. The molecule has 1 aliphatic rings. The Morgan fingerprint density at radius 3 is 2.33 bits per heavy atom. The summed E-state index contributed by atoms with van der Waals surface area (Å²) in [5.41, 5.74) is 2.97. The van der Waals surface area contributed by atoms with Crippen LogP contribution in [0.2, 0.25) is 0 Å². The lowest BCUT2D eigenvalue weighted by atomic mass is 10.1. The lowest BCUT2D eigenvalue weighted by Gasteiger charge is -2.34. The highest BCUT2D eigenvalue weighted by Gasteiger charge is 2.29. The molecular formula is C19H27N5O2S. The van der Waals surface area contributed by atoms with Gasteiger partial charge in [0.2, 0.25) is 16.0 Å². The molecule has 1 aliphatic heterocycles. The number of nitrogens with zero attached hydrogens (tertiary/aromatic N) is 4. The summed E-state index contributed by atoms with van der Waals surface area (Å²) < 4.78 is 27.5. The molecule has 3 rings (SSSR count). The van der Waals surface area contributed by atoms with Gasteiger partial charge in [-0.05, 0) is 51.0 Å². The van der Waals surface area contributed by atoms with Crippen LogP contribution in [-0.4, -0.2) is 55.4 Å². The van der Waals surface area contributed by atoms with Gasteiger partial charge in [-0.1, -0.05) is 6.07 Å². The van der Waals surface area contributed by atoms with Crippen LogP contribution in [0.15, 0.2) is 29.2 Å². The molecule has 0 amide bonds. The summed E-state index contributed by atoms with van der Waals surface area (Å²) in [6.45, 7) is 10.7. The van der Waals surface area contributed by atoms with Crippen molar-refractivity contribution in [2.45, 2.75) is 32.6 Å². The lowest BCUT2D eigenvalue weighted by Crippen LogP contribution is -2.49. The van der Waals surface area contributed by atoms with Gasteiger partial charge in [0.25, 0.3) is 0 Å². The summed E-state index contributed by atoms with van der Waals surface area (Å²) in [7, 11) is -3.47. The second kappa shape index (κ2) is 7.82. The van der Waals surface area contributed by atoms with Gasteiger partial charge in [0.15, 0.2) is 0 Å². The van der Waals surface area contributed by atoms with Crippen molar-refractivity contribution in [3.05, 3.63) is 41.1 Å². The molecule has 0 spiro atoms. The van der Waals surface area contributed by atoms with E-state index >= 15 is 0 Å². The van der Waals surface area contributed by atoms with Gasteiger partial charge in [0.05, 0.1) is 4.90 Å². The van der Waals surface area contributed by atoms with Crippen LogP contribution in [-0.2, 0) is 10.0 Å². The van der Waals surface area contributed by atoms with Gasteiger partial charge < -0.3 is 10.2 Å². The molecule has 146 valence electrons. The van der Waals surface area contributed by atoms with Gasteiger partial charge in [-0.15, -0.1) is 0 Å². The predicted molar refractivity (Wildman–Crippen MR) is 108 cm³/mol. The van der Waals surface area contributed by atoms with Gasteiger partial charge in [-0.3, -0.25) is 0 Å². The van der Waals surface area contributed by atoms with Gasteiger partial charge in [-0.25, -0.2) is 13.4 Å². The number of nitrogens with one attached hydrogen (secondary N) is 1. The maximum Gasteiger partial charge on any atom is 0.243 e. The zero-order valence-electron chi connectivity index (χ0n) is 16.4. The van der Waals surface area contributed by atoms with Gasteiger partial charge >= 0.3 is 0 Å². The molecule has 1 saturated heterocycles. The zero-order chi connectivity index (χ0) is 19.6. The Morgan fingerprint density at radius 1 is 1.00 bits per heavy atom. The minimum Gasteiger partial charge on any atom is -0.354 e. The quantitative estimate of drug-likeness (QED) is 0.846. The van der Waals surface area contributed by atoms with Crippen molar-refractivity contribution in [1.29, 1.82) is 0 Å². The number of benzene rings is 1. The average Bonchev–Trinajstić information content (AvgIpc) is 2.64. The first-order valence-corrected chi connectivity index (χ1v) is 10.7. The minimum atomic E-state index is -3.47. The predicted octanol–water partition coefficient (Wildman–Crippen LogP) is 2.34. The van der Waals surface area contributed by atoms with Gasteiger partial charge in [-0.2, -0.15) is 9.29 Å². The van der Waals surface area contributed by atoms with Crippen LogP contribution in [0.1, 0.15) is 23.7 Å². The lowest BCUT2D eigenvalue weighted by molar-refractivity contribution is 0.383. The van der Waals surface area contributed by atoms with Crippen molar-refractivity contribution in [3.8, 4) is 0 Å². The summed E-state index contributed by atoms with van der Waals surface area (Å²) in [6.07, 6.45) is 0. The highest BCUT2D eigenvalue weighted by molar-refractivity contribution is 7.89. The monoisotopic (exact) mass is 389 g/mol. The second-order valence-corrected chi connectivity index (χ2v) is 8.80. The van der Waals surface area contributed by atoms with Crippen LogP contribution in [0.25, 0.3) is 0 Å². The van der Waals surface area contributed by atoms with Crippen LogP contribution in [0.4, 0.5) is 11.8 Å². The molecule has 0 aliphatic carbocycles. The molecule has 2 aromatic rings. The molecule has 1 aromatic heterocycles. The average molecular weight is 390 g/mol. The highest BCUT2D eigenvalue weighted by atomic mass is 32.2. The Kier molecular flexibility index (Phi) is 5.67. The van der Waals surface area contributed by atoms with Gasteiger partial charge in [0, 0.05) is 44.5 Å². The molecule has 7 nitrogen and oxygen atoms in total. The van der Waals surface area contributed by atoms with E-state index < -0.39 is 10.0 Å². The Balaban J connectivity index is 1.74. The third-order valence-corrected chi connectivity index (χ3v) is 6.75. The SMILES string of the molecule is CCNc1nc(C)cc(N2CCN(S(=O)(=O)c3ccc(C)c(C)c3)CC2)n1. The number of sulfonamides is 1. The van der Waals surface area contributed by atoms with Gasteiger partial charge in [0.1, 0.15) is 5.82 Å². The van der Waals surface area contributed by atoms with Crippen LogP contribution >= 0.6 is 0 Å². The Labute approximate surface area is 161 Å². The zero-order valence-corrected chi connectivity index (χ0v) is 17.2. The molecule has 1 N–H and O–H groups in total. The molecule has 0 unspecified atom stereocenters. The first-order valence-electron chi connectivity index (χ1n) is 9.23. The summed E-state index contributed by atoms with van der Waals surface area (Å²) >= 11 is 0. The number of rotatable bonds is 5. The molecular weight excluding hydrogens is 362 g/mol. The van der Waals surface area contributed by atoms with Crippen molar-refractivity contribution in [3.63, 3.8) is 0 Å². The van der Waals surface area contributed by atoms with E-state index in [0.717, 1.165) is 29.2 Å². The first kappa shape index (κ1) is 19.6. The van der Waals surface area contributed by atoms with Crippen molar-refractivity contribution >= 4 is 21.8 Å². The van der Waals surface area contributed by atoms with Crippen LogP contribution in [0.3, 0.4) is 0 Å². The fraction of sp³-hybridized carbons (Fsp3) is 0.474. The second-order valence-electron chi connectivity index (χ2n) is 6.86. The number of hydrogen-bond donors (Lipinski definition) is 1. The molecule has 0 radical (unpaired) electrons. The van der Waals surface area contributed by atoms with E-state index in [-0.39, 0.29) is 0 Å². The van der Waals surface area contributed by atoms with Crippen molar-refractivity contribution < 1.29 is 8.42 Å². The fourth-order valence-corrected chi connectivity index (χ4v) is 4.64. The van der Waals surface area contributed by atoms with Crippen molar-refractivity contribution in [2.24, 2.45) is 0 Å². The number of aromatic nitrogens is 2. The molecule has 1 aromatic carbocycles. The molecule has 0 saturated carbocycles. The topological polar surface area (TPSA) is 78.4 Å².